The number of hydrogen-bond donors (Lipinski definition) is 3. The number of anilines is 1. The lowest BCUT2D eigenvalue weighted by atomic mass is 10.1. The maximum atomic E-state index is 11.5. The summed E-state index contributed by atoms with van der Waals surface area (Å²) in [6.45, 7) is 5.02. The summed E-state index contributed by atoms with van der Waals surface area (Å²) in [7, 11) is 0. The Balaban J connectivity index is 2.61. The highest BCUT2D eigenvalue weighted by atomic mass is 16.6. The van der Waals surface area contributed by atoms with Gasteiger partial charge in [-0.15, -0.1) is 0 Å². The highest BCUT2D eigenvalue weighted by Gasteiger charge is 2.16. The molecule has 0 saturated carbocycles. The number of carbonyl (C=O) groups excluding carboxylic acids is 1. The molecule has 0 saturated heterocycles. The van der Waals surface area contributed by atoms with Gasteiger partial charge in [-0.1, -0.05) is 12.1 Å². The molecule has 1 aromatic rings. The van der Waals surface area contributed by atoms with Gasteiger partial charge in [-0.3, -0.25) is 5.32 Å². The first-order valence-electron chi connectivity index (χ1n) is 5.71. The zero-order valence-corrected chi connectivity index (χ0v) is 10.8. The van der Waals surface area contributed by atoms with Crippen molar-refractivity contribution in [2.24, 2.45) is 0 Å². The number of rotatable bonds is 3. The van der Waals surface area contributed by atoms with Crippen LogP contribution in [0.1, 0.15) is 32.4 Å². The van der Waals surface area contributed by atoms with E-state index in [1.165, 1.54) is 0 Å². The van der Waals surface area contributed by atoms with E-state index in [4.69, 9.17) is 9.84 Å². The molecule has 100 valence electrons. The maximum Gasteiger partial charge on any atom is 0.412 e. The number of amides is 1. The number of aliphatic hydroxyl groups excluding tert-OH is 2. The average Bonchev–Trinajstić information content (AvgIpc) is 2.26. The Bertz CT molecular complexity index is 394. The van der Waals surface area contributed by atoms with Gasteiger partial charge in [0.2, 0.25) is 0 Å². The number of ether oxygens (including phenoxy) is 1. The number of carbonyl (C=O) groups is 1. The lowest BCUT2D eigenvalue weighted by Crippen LogP contribution is -2.27. The highest BCUT2D eigenvalue weighted by Crippen LogP contribution is 2.16. The Morgan fingerprint density at radius 3 is 2.33 bits per heavy atom. The van der Waals surface area contributed by atoms with E-state index in [9.17, 15) is 9.90 Å². The molecule has 1 aromatic carbocycles. The lowest BCUT2D eigenvalue weighted by Gasteiger charge is -2.19. The summed E-state index contributed by atoms with van der Waals surface area (Å²) >= 11 is 0. The van der Waals surface area contributed by atoms with Gasteiger partial charge in [0.15, 0.2) is 0 Å². The average molecular weight is 253 g/mol. The maximum absolute atomic E-state index is 11.5. The van der Waals surface area contributed by atoms with Gasteiger partial charge >= 0.3 is 6.09 Å². The van der Waals surface area contributed by atoms with Crippen molar-refractivity contribution in [1.29, 1.82) is 0 Å². The van der Waals surface area contributed by atoms with Gasteiger partial charge in [-0.25, -0.2) is 4.79 Å². The zero-order valence-electron chi connectivity index (χ0n) is 10.8. The first-order chi connectivity index (χ1) is 8.31. The second-order valence-corrected chi connectivity index (χ2v) is 4.95. The van der Waals surface area contributed by atoms with Crippen LogP contribution in [0.2, 0.25) is 0 Å². The van der Waals surface area contributed by atoms with Crippen LogP contribution in [0.4, 0.5) is 10.5 Å². The predicted octanol–water partition coefficient (Wildman–Crippen LogP) is 2.06. The van der Waals surface area contributed by atoms with Crippen LogP contribution < -0.4 is 5.32 Å². The first kappa shape index (κ1) is 14.5. The number of benzene rings is 1. The molecule has 5 heteroatoms. The van der Waals surface area contributed by atoms with Crippen LogP contribution in [0, 0.1) is 0 Å². The molecule has 0 bridgehead atoms. The zero-order chi connectivity index (χ0) is 13.8. The molecule has 18 heavy (non-hydrogen) atoms. The van der Waals surface area contributed by atoms with Gasteiger partial charge < -0.3 is 14.9 Å². The third-order valence-corrected chi connectivity index (χ3v) is 2.11. The monoisotopic (exact) mass is 253 g/mol. The molecule has 1 amide bonds. The minimum atomic E-state index is -0.902. The Labute approximate surface area is 106 Å². The second-order valence-electron chi connectivity index (χ2n) is 4.95. The van der Waals surface area contributed by atoms with Crippen molar-refractivity contribution >= 4 is 11.8 Å². The van der Waals surface area contributed by atoms with E-state index in [0.29, 0.717) is 11.3 Å². The molecule has 5 nitrogen and oxygen atoms in total. The molecular weight excluding hydrogens is 234 g/mol. The van der Waals surface area contributed by atoms with Crippen molar-refractivity contribution in [3.05, 3.63) is 29.8 Å². The van der Waals surface area contributed by atoms with Crippen molar-refractivity contribution < 1.29 is 19.7 Å². The summed E-state index contributed by atoms with van der Waals surface area (Å²) in [6, 6.07) is 6.54. The van der Waals surface area contributed by atoms with E-state index in [2.05, 4.69) is 5.32 Å². The molecule has 0 aliphatic heterocycles. The van der Waals surface area contributed by atoms with Crippen molar-refractivity contribution in [2.45, 2.75) is 32.5 Å². The van der Waals surface area contributed by atoms with Gasteiger partial charge in [-0.2, -0.15) is 0 Å². The molecule has 0 heterocycles. The van der Waals surface area contributed by atoms with Gasteiger partial charge in [0.1, 0.15) is 11.7 Å². The van der Waals surface area contributed by atoms with Gasteiger partial charge in [-0.05, 0) is 38.5 Å². The summed E-state index contributed by atoms with van der Waals surface area (Å²) in [4.78, 5) is 11.5. The molecule has 0 fully saturated rings. The quantitative estimate of drug-likeness (QED) is 0.770. The fourth-order valence-electron chi connectivity index (χ4n) is 1.32. The molecular formula is C13H19NO4. The highest BCUT2D eigenvalue weighted by molar-refractivity contribution is 5.84. The van der Waals surface area contributed by atoms with Crippen LogP contribution in [0.3, 0.4) is 0 Å². The molecule has 0 aliphatic rings. The van der Waals surface area contributed by atoms with Crippen LogP contribution in [-0.4, -0.2) is 28.5 Å². The van der Waals surface area contributed by atoms with Crippen molar-refractivity contribution in [3.63, 3.8) is 0 Å². The van der Waals surface area contributed by atoms with E-state index < -0.39 is 17.8 Å². The summed E-state index contributed by atoms with van der Waals surface area (Å²) in [6.07, 6.45) is -1.43. The van der Waals surface area contributed by atoms with E-state index in [0.717, 1.165) is 0 Å². The number of nitrogens with one attached hydrogen (secondary N) is 1. The van der Waals surface area contributed by atoms with Gasteiger partial charge in [0, 0.05) is 5.69 Å². The fourth-order valence-corrected chi connectivity index (χ4v) is 1.32. The third-order valence-electron chi connectivity index (χ3n) is 2.11. The lowest BCUT2D eigenvalue weighted by molar-refractivity contribution is 0.0636. The van der Waals surface area contributed by atoms with Gasteiger partial charge in [0.25, 0.3) is 0 Å². The second kappa shape index (κ2) is 5.84. The Hall–Kier alpha value is -1.59. The van der Waals surface area contributed by atoms with Crippen LogP contribution in [0.5, 0.6) is 0 Å². The number of aliphatic hydroxyl groups is 2. The first-order valence-corrected chi connectivity index (χ1v) is 5.71. The minimum Gasteiger partial charge on any atom is -0.444 e. The summed E-state index contributed by atoms with van der Waals surface area (Å²) in [5.74, 6) is 0. The smallest absolute Gasteiger partial charge is 0.412 e. The standard InChI is InChI=1S/C13H19NO4/c1-13(2,3)18-12(17)14-10-6-4-9(5-7-10)11(16)8-15/h4-7,11,15-16H,8H2,1-3H3,(H,14,17)/t11-/m0/s1. The normalized spacial score (nSPS) is 12.9. The van der Waals surface area contributed by atoms with Crippen LogP contribution >= 0.6 is 0 Å². The third kappa shape index (κ3) is 4.73. The van der Waals surface area contributed by atoms with E-state index in [1.54, 1.807) is 45.0 Å². The minimum absolute atomic E-state index is 0.334. The van der Waals surface area contributed by atoms with Crippen LogP contribution in [-0.2, 0) is 4.74 Å². The SMILES string of the molecule is CC(C)(C)OC(=O)Nc1ccc([C@@H](O)CO)cc1. The van der Waals surface area contributed by atoms with E-state index in [-0.39, 0.29) is 6.61 Å². The van der Waals surface area contributed by atoms with Crippen LogP contribution in [0.25, 0.3) is 0 Å². The van der Waals surface area contributed by atoms with E-state index in [1.807, 2.05) is 0 Å². The van der Waals surface area contributed by atoms with Crippen LogP contribution in [0.15, 0.2) is 24.3 Å². The molecule has 1 atom stereocenters. The van der Waals surface area contributed by atoms with Gasteiger partial charge in [0.05, 0.1) is 6.61 Å². The van der Waals surface area contributed by atoms with Crippen molar-refractivity contribution in [2.75, 3.05) is 11.9 Å². The van der Waals surface area contributed by atoms with Crippen molar-refractivity contribution in [1.82, 2.24) is 0 Å². The Morgan fingerprint density at radius 1 is 1.33 bits per heavy atom. The van der Waals surface area contributed by atoms with E-state index >= 15 is 0 Å². The van der Waals surface area contributed by atoms with Crippen molar-refractivity contribution in [3.8, 4) is 0 Å². The molecule has 0 spiro atoms. The topological polar surface area (TPSA) is 78.8 Å². The Kier molecular flexibility index (Phi) is 4.69. The number of hydrogen-bond acceptors (Lipinski definition) is 4. The molecule has 0 aliphatic carbocycles. The summed E-state index contributed by atoms with van der Waals surface area (Å²) in [5, 5.41) is 20.8. The molecule has 3 N–H and O–H groups in total. The Morgan fingerprint density at radius 2 is 1.89 bits per heavy atom. The largest absolute Gasteiger partial charge is 0.444 e. The molecule has 0 radical (unpaired) electrons. The fraction of sp³-hybridized carbons (Fsp3) is 0.462. The molecule has 0 unspecified atom stereocenters. The molecule has 1 rings (SSSR count). The summed E-state index contributed by atoms with van der Waals surface area (Å²) < 4.78 is 5.10. The summed E-state index contributed by atoms with van der Waals surface area (Å²) in [5.41, 5.74) is 0.613. The predicted molar refractivity (Wildman–Crippen MR) is 68.3 cm³/mol. The molecule has 0 aromatic heterocycles.